The monoisotopic (exact) mass is 206 g/mol. The Morgan fingerprint density at radius 3 is 2.87 bits per heavy atom. The molecule has 0 atom stereocenters. The van der Waals surface area contributed by atoms with E-state index < -0.39 is 0 Å². The van der Waals surface area contributed by atoms with Crippen LogP contribution in [0, 0.1) is 6.92 Å². The zero-order chi connectivity index (χ0) is 10.7. The highest BCUT2D eigenvalue weighted by molar-refractivity contribution is 5.68. The second kappa shape index (κ2) is 4.49. The van der Waals surface area contributed by atoms with Crippen molar-refractivity contribution >= 4 is 6.29 Å². The lowest BCUT2D eigenvalue weighted by Crippen LogP contribution is -2.17. The molecule has 0 spiro atoms. The molecule has 1 aromatic heterocycles. The van der Waals surface area contributed by atoms with Gasteiger partial charge >= 0.3 is 0 Å². The van der Waals surface area contributed by atoms with Gasteiger partial charge in [-0.1, -0.05) is 0 Å². The van der Waals surface area contributed by atoms with Gasteiger partial charge < -0.3 is 4.74 Å². The lowest BCUT2D eigenvalue weighted by molar-refractivity contribution is 0.0843. The third kappa shape index (κ3) is 2.21. The highest BCUT2D eigenvalue weighted by atomic mass is 16.5. The quantitative estimate of drug-likeness (QED) is 0.688. The van der Waals surface area contributed by atoms with Crippen LogP contribution in [0.25, 0.3) is 0 Å². The summed E-state index contributed by atoms with van der Waals surface area (Å²) in [4.78, 5) is 18.8. The fourth-order valence-corrected chi connectivity index (χ4v) is 1.91. The van der Waals surface area contributed by atoms with Crippen molar-refractivity contribution in [3.63, 3.8) is 0 Å². The molecule has 0 N–H and O–H groups in total. The highest BCUT2D eigenvalue weighted by Gasteiger charge is 2.19. The van der Waals surface area contributed by atoms with Crippen LogP contribution in [0.2, 0.25) is 0 Å². The van der Waals surface area contributed by atoms with E-state index in [9.17, 15) is 4.79 Å². The van der Waals surface area contributed by atoms with Crippen molar-refractivity contribution in [2.24, 2.45) is 0 Å². The molecule has 0 aromatic carbocycles. The van der Waals surface area contributed by atoms with Gasteiger partial charge in [-0.05, 0) is 25.3 Å². The summed E-state index contributed by atoms with van der Waals surface area (Å²) in [5.74, 6) is 0.697. The third-order valence-electron chi connectivity index (χ3n) is 2.74. The molecule has 0 bridgehead atoms. The predicted octanol–water partition coefficient (Wildman–Crippen LogP) is 1.49. The van der Waals surface area contributed by atoms with E-state index in [1.165, 1.54) is 0 Å². The largest absolute Gasteiger partial charge is 0.381 e. The molecule has 0 unspecified atom stereocenters. The number of aldehydes is 1. The molecule has 1 fully saturated rings. The summed E-state index contributed by atoms with van der Waals surface area (Å²) in [6.07, 6.45) is 4.39. The van der Waals surface area contributed by atoms with E-state index in [1.54, 1.807) is 6.20 Å². The predicted molar refractivity (Wildman–Crippen MR) is 55.0 cm³/mol. The first kappa shape index (κ1) is 10.2. The van der Waals surface area contributed by atoms with Gasteiger partial charge in [0.1, 0.15) is 0 Å². The zero-order valence-electron chi connectivity index (χ0n) is 8.77. The minimum atomic E-state index is 0.280. The van der Waals surface area contributed by atoms with Gasteiger partial charge in [-0.3, -0.25) is 4.79 Å². The summed E-state index contributed by atoms with van der Waals surface area (Å²) in [5.41, 5.74) is 2.07. The van der Waals surface area contributed by atoms with Crippen LogP contribution < -0.4 is 0 Å². The molecule has 0 saturated carbocycles. The van der Waals surface area contributed by atoms with Gasteiger partial charge in [-0.25, -0.2) is 9.97 Å². The van der Waals surface area contributed by atoms with Crippen LogP contribution >= 0.6 is 0 Å². The van der Waals surface area contributed by atoms with E-state index in [0.29, 0.717) is 12.2 Å². The molecule has 1 saturated heterocycles. The second-order valence-electron chi connectivity index (χ2n) is 3.80. The fraction of sp³-hybridized carbons (Fsp3) is 0.545. The maximum absolute atomic E-state index is 10.6. The molecule has 2 rings (SSSR count). The Balaban J connectivity index is 2.28. The van der Waals surface area contributed by atoms with Crippen LogP contribution in [-0.4, -0.2) is 29.5 Å². The van der Waals surface area contributed by atoms with Gasteiger partial charge in [0.05, 0.1) is 5.69 Å². The Hall–Kier alpha value is -1.29. The second-order valence-corrected chi connectivity index (χ2v) is 3.80. The van der Waals surface area contributed by atoms with Crippen LogP contribution in [0.1, 0.15) is 40.6 Å². The minimum absolute atomic E-state index is 0.280. The summed E-state index contributed by atoms with van der Waals surface area (Å²) in [7, 11) is 0. The summed E-state index contributed by atoms with van der Waals surface area (Å²) in [6.45, 7) is 3.55. The molecule has 2 heterocycles. The molecule has 1 aliphatic heterocycles. The number of carbonyl (C=O) groups is 1. The van der Waals surface area contributed by atoms with Gasteiger partial charge in [-0.15, -0.1) is 0 Å². The van der Waals surface area contributed by atoms with Crippen LogP contribution in [0.15, 0.2) is 6.20 Å². The average Bonchev–Trinajstić information content (AvgIpc) is 2.31. The number of nitrogens with zero attached hydrogens (tertiary/aromatic N) is 2. The number of aryl methyl sites for hydroxylation is 1. The Bertz CT molecular complexity index is 360. The Morgan fingerprint density at radius 2 is 2.20 bits per heavy atom. The Kier molecular flexibility index (Phi) is 3.06. The summed E-state index contributed by atoms with van der Waals surface area (Å²) in [6, 6.07) is 0. The standard InChI is InChI=1S/C11H14N2O2/c1-8-6-12-10(7-14)13-11(8)9-2-4-15-5-3-9/h6-7,9H,2-5H2,1H3. The first-order valence-corrected chi connectivity index (χ1v) is 5.17. The first-order chi connectivity index (χ1) is 7.31. The molecule has 15 heavy (non-hydrogen) atoms. The Labute approximate surface area is 88.7 Å². The summed E-state index contributed by atoms with van der Waals surface area (Å²) >= 11 is 0. The molecule has 1 aliphatic rings. The number of aromatic nitrogens is 2. The molecule has 4 heteroatoms. The SMILES string of the molecule is Cc1cnc(C=O)nc1C1CCOCC1. The fourth-order valence-electron chi connectivity index (χ4n) is 1.91. The highest BCUT2D eigenvalue weighted by Crippen LogP contribution is 2.27. The van der Waals surface area contributed by atoms with E-state index in [4.69, 9.17) is 4.74 Å². The van der Waals surface area contributed by atoms with Gasteiger partial charge in [-0.2, -0.15) is 0 Å². The molecule has 80 valence electrons. The summed E-state index contributed by atoms with van der Waals surface area (Å²) < 4.78 is 5.30. The molecule has 4 nitrogen and oxygen atoms in total. The van der Waals surface area contributed by atoms with Crippen LogP contribution in [-0.2, 0) is 4.74 Å². The van der Waals surface area contributed by atoms with E-state index in [1.807, 2.05) is 6.92 Å². The van der Waals surface area contributed by atoms with Crippen molar-refractivity contribution < 1.29 is 9.53 Å². The molecule has 0 amide bonds. The van der Waals surface area contributed by atoms with Crippen molar-refractivity contribution in [2.45, 2.75) is 25.7 Å². The molecule has 0 aliphatic carbocycles. The van der Waals surface area contributed by atoms with E-state index in [2.05, 4.69) is 9.97 Å². The third-order valence-corrected chi connectivity index (χ3v) is 2.74. The zero-order valence-corrected chi connectivity index (χ0v) is 8.77. The van der Waals surface area contributed by atoms with Gasteiger partial charge in [0.2, 0.25) is 0 Å². The maximum atomic E-state index is 10.6. The van der Waals surface area contributed by atoms with Crippen molar-refractivity contribution in [1.82, 2.24) is 9.97 Å². The molecule has 0 radical (unpaired) electrons. The van der Waals surface area contributed by atoms with Gasteiger partial charge in [0.15, 0.2) is 12.1 Å². The van der Waals surface area contributed by atoms with Gasteiger partial charge in [0.25, 0.3) is 0 Å². The van der Waals surface area contributed by atoms with E-state index >= 15 is 0 Å². The lowest BCUT2D eigenvalue weighted by Gasteiger charge is -2.22. The lowest BCUT2D eigenvalue weighted by atomic mass is 9.94. The number of hydrogen-bond donors (Lipinski definition) is 0. The van der Waals surface area contributed by atoms with Crippen molar-refractivity contribution in [2.75, 3.05) is 13.2 Å². The summed E-state index contributed by atoms with van der Waals surface area (Å²) in [5, 5.41) is 0. The van der Waals surface area contributed by atoms with Crippen molar-refractivity contribution in [1.29, 1.82) is 0 Å². The number of rotatable bonds is 2. The van der Waals surface area contributed by atoms with Crippen LogP contribution in [0.3, 0.4) is 0 Å². The van der Waals surface area contributed by atoms with E-state index in [0.717, 1.165) is 37.3 Å². The maximum Gasteiger partial charge on any atom is 0.192 e. The average molecular weight is 206 g/mol. The van der Waals surface area contributed by atoms with Crippen molar-refractivity contribution in [3.05, 3.63) is 23.3 Å². The number of hydrogen-bond acceptors (Lipinski definition) is 4. The van der Waals surface area contributed by atoms with E-state index in [-0.39, 0.29) is 5.82 Å². The molecular weight excluding hydrogens is 192 g/mol. The number of carbonyl (C=O) groups excluding carboxylic acids is 1. The van der Waals surface area contributed by atoms with Crippen LogP contribution in [0.4, 0.5) is 0 Å². The normalized spacial score (nSPS) is 17.7. The smallest absolute Gasteiger partial charge is 0.192 e. The minimum Gasteiger partial charge on any atom is -0.381 e. The topological polar surface area (TPSA) is 52.1 Å². The van der Waals surface area contributed by atoms with Gasteiger partial charge in [0, 0.05) is 25.3 Å². The van der Waals surface area contributed by atoms with Crippen molar-refractivity contribution in [3.8, 4) is 0 Å². The Morgan fingerprint density at radius 1 is 1.47 bits per heavy atom. The molecule has 1 aromatic rings. The molecular formula is C11H14N2O2. The number of ether oxygens (including phenoxy) is 1. The van der Waals surface area contributed by atoms with Crippen LogP contribution in [0.5, 0.6) is 0 Å². The first-order valence-electron chi connectivity index (χ1n) is 5.17.